The summed E-state index contributed by atoms with van der Waals surface area (Å²) >= 11 is 3.56. The highest BCUT2D eigenvalue weighted by atomic mass is 79.9. The van der Waals surface area contributed by atoms with E-state index in [9.17, 15) is 0 Å². The number of anilines is 3. The van der Waals surface area contributed by atoms with Crippen LogP contribution < -0.4 is 11.1 Å². The van der Waals surface area contributed by atoms with Gasteiger partial charge in [0.1, 0.15) is 0 Å². The molecule has 2 rings (SSSR count). The summed E-state index contributed by atoms with van der Waals surface area (Å²) in [4.78, 5) is 0. The summed E-state index contributed by atoms with van der Waals surface area (Å²) < 4.78 is 1.07. The van der Waals surface area contributed by atoms with Gasteiger partial charge in [0.15, 0.2) is 0 Å². The second kappa shape index (κ2) is 4.58. The molecule has 0 radical (unpaired) electrons. The van der Waals surface area contributed by atoms with E-state index in [-0.39, 0.29) is 0 Å². The van der Waals surface area contributed by atoms with E-state index in [0.717, 1.165) is 21.5 Å². The average molecular weight is 277 g/mol. The predicted molar refractivity (Wildman–Crippen MR) is 73.0 cm³/mol. The number of nitrogens with one attached hydrogen (secondary N) is 1. The predicted octanol–water partition coefficient (Wildman–Crippen LogP) is 4.08. The number of nitrogens with two attached hydrogens (primary N) is 1. The van der Waals surface area contributed by atoms with Gasteiger partial charge in [0.05, 0.1) is 17.1 Å². The summed E-state index contributed by atoms with van der Waals surface area (Å²) in [6.07, 6.45) is 0. The largest absolute Gasteiger partial charge is 0.397 e. The van der Waals surface area contributed by atoms with Gasteiger partial charge in [0.25, 0.3) is 0 Å². The average Bonchev–Trinajstić information content (AvgIpc) is 2.28. The minimum Gasteiger partial charge on any atom is -0.397 e. The van der Waals surface area contributed by atoms with Crippen molar-refractivity contribution in [2.45, 2.75) is 6.92 Å². The van der Waals surface area contributed by atoms with Gasteiger partial charge in [0.2, 0.25) is 0 Å². The minimum atomic E-state index is 0.746. The van der Waals surface area contributed by atoms with Crippen LogP contribution in [0.15, 0.2) is 46.9 Å². The summed E-state index contributed by atoms with van der Waals surface area (Å²) in [6, 6.07) is 13.8. The Bertz CT molecular complexity index is 509. The van der Waals surface area contributed by atoms with E-state index >= 15 is 0 Å². The minimum absolute atomic E-state index is 0.746. The maximum Gasteiger partial charge on any atom is 0.0618 e. The van der Waals surface area contributed by atoms with Crippen molar-refractivity contribution in [3.05, 3.63) is 52.5 Å². The van der Waals surface area contributed by atoms with E-state index in [4.69, 9.17) is 5.73 Å². The number of rotatable bonds is 2. The highest BCUT2D eigenvalue weighted by Crippen LogP contribution is 2.30. The van der Waals surface area contributed by atoms with Gasteiger partial charge in [-0.25, -0.2) is 0 Å². The van der Waals surface area contributed by atoms with Crippen LogP contribution in [0.3, 0.4) is 0 Å². The Hall–Kier alpha value is -1.48. The number of halogens is 1. The molecule has 0 saturated heterocycles. The molecular weight excluding hydrogens is 264 g/mol. The third kappa shape index (κ3) is 2.19. The van der Waals surface area contributed by atoms with Crippen molar-refractivity contribution in [2.75, 3.05) is 11.1 Å². The standard InChI is InChI=1S/C13H13BrN2/c1-9-5-4-8-12(13(9)14)16-11-7-3-2-6-10(11)15/h2-8,16H,15H2,1H3. The number of nitrogen functional groups attached to an aromatic ring is 1. The molecule has 0 heterocycles. The molecule has 0 aliphatic carbocycles. The van der Waals surface area contributed by atoms with Crippen molar-refractivity contribution in [1.82, 2.24) is 0 Å². The number of hydrogen-bond donors (Lipinski definition) is 2. The normalized spacial score (nSPS) is 10.1. The molecule has 0 bridgehead atoms. The molecule has 0 aliphatic heterocycles. The smallest absolute Gasteiger partial charge is 0.0618 e. The SMILES string of the molecule is Cc1cccc(Nc2ccccc2N)c1Br. The van der Waals surface area contributed by atoms with Gasteiger partial charge < -0.3 is 11.1 Å². The fraction of sp³-hybridized carbons (Fsp3) is 0.0769. The molecule has 0 fully saturated rings. The monoisotopic (exact) mass is 276 g/mol. The van der Waals surface area contributed by atoms with Crippen LogP contribution in [0.2, 0.25) is 0 Å². The van der Waals surface area contributed by atoms with Crippen LogP contribution in [-0.4, -0.2) is 0 Å². The van der Waals surface area contributed by atoms with Crippen LogP contribution in [-0.2, 0) is 0 Å². The maximum atomic E-state index is 5.88. The van der Waals surface area contributed by atoms with E-state index in [1.165, 1.54) is 5.56 Å². The molecule has 2 aromatic rings. The quantitative estimate of drug-likeness (QED) is 0.811. The fourth-order valence-electron chi connectivity index (χ4n) is 1.50. The first-order valence-electron chi connectivity index (χ1n) is 5.05. The van der Waals surface area contributed by atoms with Crippen LogP contribution >= 0.6 is 15.9 Å². The molecule has 0 saturated carbocycles. The van der Waals surface area contributed by atoms with E-state index in [0.29, 0.717) is 0 Å². The summed E-state index contributed by atoms with van der Waals surface area (Å²) in [7, 11) is 0. The van der Waals surface area contributed by atoms with Crippen molar-refractivity contribution in [2.24, 2.45) is 0 Å². The highest BCUT2D eigenvalue weighted by molar-refractivity contribution is 9.10. The molecule has 3 heteroatoms. The summed E-state index contributed by atoms with van der Waals surface area (Å²) in [5.41, 5.74) is 9.77. The number of aryl methyl sites for hydroxylation is 1. The molecule has 16 heavy (non-hydrogen) atoms. The first-order valence-corrected chi connectivity index (χ1v) is 5.84. The molecule has 0 atom stereocenters. The van der Waals surface area contributed by atoms with Gasteiger partial charge in [0, 0.05) is 4.47 Å². The van der Waals surface area contributed by atoms with Crippen LogP contribution in [0, 0.1) is 6.92 Å². The zero-order chi connectivity index (χ0) is 11.5. The second-order valence-electron chi connectivity index (χ2n) is 3.65. The van der Waals surface area contributed by atoms with Crippen LogP contribution in [0.1, 0.15) is 5.56 Å². The first-order chi connectivity index (χ1) is 7.68. The number of benzene rings is 2. The lowest BCUT2D eigenvalue weighted by Crippen LogP contribution is -1.96. The summed E-state index contributed by atoms with van der Waals surface area (Å²) in [6.45, 7) is 2.06. The Morgan fingerprint density at radius 2 is 1.69 bits per heavy atom. The van der Waals surface area contributed by atoms with Crippen molar-refractivity contribution < 1.29 is 0 Å². The second-order valence-corrected chi connectivity index (χ2v) is 4.44. The van der Waals surface area contributed by atoms with Gasteiger partial charge in [-0.05, 0) is 46.6 Å². The third-order valence-electron chi connectivity index (χ3n) is 2.42. The van der Waals surface area contributed by atoms with Gasteiger partial charge in [-0.3, -0.25) is 0 Å². The summed E-state index contributed by atoms with van der Waals surface area (Å²) in [5.74, 6) is 0. The van der Waals surface area contributed by atoms with E-state index in [1.54, 1.807) is 0 Å². The molecule has 2 nitrogen and oxygen atoms in total. The van der Waals surface area contributed by atoms with Gasteiger partial charge >= 0.3 is 0 Å². The van der Waals surface area contributed by atoms with E-state index < -0.39 is 0 Å². The van der Waals surface area contributed by atoms with Gasteiger partial charge in [-0.15, -0.1) is 0 Å². The van der Waals surface area contributed by atoms with Crippen LogP contribution in [0.4, 0.5) is 17.1 Å². The van der Waals surface area contributed by atoms with Gasteiger partial charge in [-0.2, -0.15) is 0 Å². The van der Waals surface area contributed by atoms with Crippen LogP contribution in [0.25, 0.3) is 0 Å². The molecule has 0 unspecified atom stereocenters. The molecule has 82 valence electrons. The van der Waals surface area contributed by atoms with Crippen molar-refractivity contribution in [3.63, 3.8) is 0 Å². The molecule has 0 amide bonds. The lowest BCUT2D eigenvalue weighted by atomic mass is 10.2. The lowest BCUT2D eigenvalue weighted by molar-refractivity contribution is 1.41. The third-order valence-corrected chi connectivity index (χ3v) is 3.47. The fourth-order valence-corrected chi connectivity index (χ4v) is 1.86. The molecular formula is C13H13BrN2. The Kier molecular flexibility index (Phi) is 3.15. The number of hydrogen-bond acceptors (Lipinski definition) is 2. The Morgan fingerprint density at radius 1 is 1.00 bits per heavy atom. The Labute approximate surface area is 104 Å². The first kappa shape index (κ1) is 11.0. The van der Waals surface area contributed by atoms with Crippen molar-refractivity contribution >= 4 is 33.0 Å². The molecule has 0 aromatic heterocycles. The Balaban J connectivity index is 2.35. The van der Waals surface area contributed by atoms with Gasteiger partial charge in [-0.1, -0.05) is 24.3 Å². The van der Waals surface area contributed by atoms with Crippen molar-refractivity contribution in [1.29, 1.82) is 0 Å². The molecule has 0 spiro atoms. The molecule has 2 aromatic carbocycles. The zero-order valence-corrected chi connectivity index (χ0v) is 10.6. The van der Waals surface area contributed by atoms with Crippen molar-refractivity contribution in [3.8, 4) is 0 Å². The molecule has 3 N–H and O–H groups in total. The molecule has 0 aliphatic rings. The lowest BCUT2D eigenvalue weighted by Gasteiger charge is -2.11. The Morgan fingerprint density at radius 3 is 2.44 bits per heavy atom. The number of para-hydroxylation sites is 2. The van der Waals surface area contributed by atoms with Crippen LogP contribution in [0.5, 0.6) is 0 Å². The highest BCUT2D eigenvalue weighted by Gasteiger charge is 2.03. The maximum absolute atomic E-state index is 5.88. The summed E-state index contributed by atoms with van der Waals surface area (Å²) in [5, 5.41) is 3.31. The van der Waals surface area contributed by atoms with E-state index in [1.807, 2.05) is 36.4 Å². The topological polar surface area (TPSA) is 38.0 Å². The zero-order valence-electron chi connectivity index (χ0n) is 9.00. The van der Waals surface area contributed by atoms with E-state index in [2.05, 4.69) is 34.2 Å².